The maximum absolute atomic E-state index is 10.7. The first-order chi connectivity index (χ1) is 9.58. The molecule has 1 aromatic rings. The fourth-order valence-electron chi connectivity index (χ4n) is 1.85. The molecule has 0 radical (unpaired) electrons. The first-order valence-corrected chi connectivity index (χ1v) is 6.73. The van der Waals surface area contributed by atoms with Gasteiger partial charge in [-0.25, -0.2) is 0 Å². The van der Waals surface area contributed by atoms with Crippen LogP contribution in [0, 0.1) is 10.1 Å². The highest BCUT2D eigenvalue weighted by molar-refractivity contribution is 5.79. The third-order valence-corrected chi connectivity index (χ3v) is 2.99. The van der Waals surface area contributed by atoms with Crippen LogP contribution in [0.25, 0.3) is 0 Å². The summed E-state index contributed by atoms with van der Waals surface area (Å²) in [5, 5.41) is 13.9. The Kier molecular flexibility index (Phi) is 6.49. The number of hydrogen-bond donors (Lipinski definition) is 1. The van der Waals surface area contributed by atoms with Gasteiger partial charge >= 0.3 is 0 Å². The largest absolute Gasteiger partial charge is 0.352 e. The monoisotopic (exact) mass is 278 g/mol. The standard InChI is InChI=1S/C14H22N4O2/c1-4-5-9-17(3)14(15-2)16-11-12-7-6-8-13(10-12)18(19)20/h6-8,10H,4-5,9,11H2,1-3H3,(H,15,16). The first-order valence-electron chi connectivity index (χ1n) is 6.73. The normalized spacial score (nSPS) is 11.2. The van der Waals surface area contributed by atoms with Crippen molar-refractivity contribution >= 4 is 11.6 Å². The molecule has 0 atom stereocenters. The van der Waals surface area contributed by atoms with Gasteiger partial charge in [0.25, 0.3) is 5.69 Å². The minimum atomic E-state index is -0.383. The van der Waals surface area contributed by atoms with Crippen molar-refractivity contribution in [1.29, 1.82) is 0 Å². The Morgan fingerprint density at radius 1 is 1.50 bits per heavy atom. The first kappa shape index (κ1) is 15.9. The van der Waals surface area contributed by atoms with Gasteiger partial charge in [-0.15, -0.1) is 0 Å². The predicted molar refractivity (Wildman–Crippen MR) is 80.8 cm³/mol. The van der Waals surface area contributed by atoms with E-state index in [0.29, 0.717) is 6.54 Å². The molecular formula is C14H22N4O2. The van der Waals surface area contributed by atoms with Gasteiger partial charge in [-0.2, -0.15) is 0 Å². The van der Waals surface area contributed by atoms with Gasteiger partial charge < -0.3 is 10.2 Å². The zero-order valence-corrected chi connectivity index (χ0v) is 12.3. The van der Waals surface area contributed by atoms with Gasteiger partial charge in [-0.05, 0) is 12.0 Å². The predicted octanol–water partition coefficient (Wildman–Crippen LogP) is 2.40. The maximum atomic E-state index is 10.7. The van der Waals surface area contributed by atoms with E-state index in [4.69, 9.17) is 0 Å². The van der Waals surface area contributed by atoms with Gasteiger partial charge in [-0.1, -0.05) is 25.5 Å². The SMILES string of the molecule is CCCCN(C)C(=NC)NCc1cccc([N+](=O)[O-])c1. The van der Waals surface area contributed by atoms with Crippen LogP contribution in [0.1, 0.15) is 25.3 Å². The highest BCUT2D eigenvalue weighted by Gasteiger charge is 2.08. The lowest BCUT2D eigenvalue weighted by molar-refractivity contribution is -0.384. The van der Waals surface area contributed by atoms with Crippen LogP contribution in [0.15, 0.2) is 29.3 Å². The fourth-order valence-corrected chi connectivity index (χ4v) is 1.85. The molecule has 0 aliphatic rings. The number of nitrogens with one attached hydrogen (secondary N) is 1. The summed E-state index contributed by atoms with van der Waals surface area (Å²) in [7, 11) is 3.72. The Bertz CT molecular complexity index is 474. The fraction of sp³-hybridized carbons (Fsp3) is 0.500. The minimum absolute atomic E-state index is 0.110. The van der Waals surface area contributed by atoms with Crippen LogP contribution in [-0.2, 0) is 6.54 Å². The van der Waals surface area contributed by atoms with Crippen LogP contribution in [-0.4, -0.2) is 36.4 Å². The van der Waals surface area contributed by atoms with E-state index in [-0.39, 0.29) is 10.6 Å². The second kappa shape index (κ2) is 8.14. The highest BCUT2D eigenvalue weighted by atomic mass is 16.6. The molecule has 0 amide bonds. The molecule has 0 saturated carbocycles. The van der Waals surface area contributed by atoms with Crippen molar-refractivity contribution in [3.8, 4) is 0 Å². The van der Waals surface area contributed by atoms with Gasteiger partial charge in [0.1, 0.15) is 0 Å². The molecule has 0 unspecified atom stereocenters. The third kappa shape index (κ3) is 4.87. The molecule has 6 nitrogen and oxygen atoms in total. The molecule has 0 aliphatic carbocycles. The van der Waals surface area contributed by atoms with Gasteiger partial charge in [0.2, 0.25) is 0 Å². The lowest BCUT2D eigenvalue weighted by Gasteiger charge is -2.21. The second-order valence-corrected chi connectivity index (χ2v) is 4.60. The topological polar surface area (TPSA) is 70.8 Å². The Labute approximate surface area is 119 Å². The molecule has 0 fully saturated rings. The van der Waals surface area contributed by atoms with Crippen LogP contribution < -0.4 is 5.32 Å². The molecule has 1 aromatic carbocycles. The summed E-state index contributed by atoms with van der Waals surface area (Å²) in [6.45, 7) is 3.60. The van der Waals surface area contributed by atoms with Gasteiger partial charge in [0, 0.05) is 39.3 Å². The van der Waals surface area contributed by atoms with Crippen LogP contribution in [0.4, 0.5) is 5.69 Å². The molecule has 1 N–H and O–H groups in total. The Morgan fingerprint density at radius 3 is 2.85 bits per heavy atom. The average Bonchev–Trinajstić information content (AvgIpc) is 2.46. The van der Waals surface area contributed by atoms with E-state index in [1.165, 1.54) is 6.07 Å². The Balaban J connectivity index is 2.60. The minimum Gasteiger partial charge on any atom is -0.352 e. The summed E-state index contributed by atoms with van der Waals surface area (Å²) in [4.78, 5) is 16.6. The summed E-state index contributed by atoms with van der Waals surface area (Å²) < 4.78 is 0. The molecule has 1 rings (SSSR count). The molecule has 0 saturated heterocycles. The number of unbranched alkanes of at least 4 members (excludes halogenated alkanes) is 1. The molecule has 6 heteroatoms. The number of hydrogen-bond acceptors (Lipinski definition) is 3. The Morgan fingerprint density at radius 2 is 2.25 bits per heavy atom. The lowest BCUT2D eigenvalue weighted by atomic mass is 10.2. The van der Waals surface area contributed by atoms with Crippen molar-refractivity contribution < 1.29 is 4.92 Å². The van der Waals surface area contributed by atoms with Gasteiger partial charge in [-0.3, -0.25) is 15.1 Å². The van der Waals surface area contributed by atoms with E-state index < -0.39 is 0 Å². The van der Waals surface area contributed by atoms with Crippen molar-refractivity contribution in [1.82, 2.24) is 10.2 Å². The number of benzene rings is 1. The lowest BCUT2D eigenvalue weighted by Crippen LogP contribution is -2.38. The molecule has 0 bridgehead atoms. The second-order valence-electron chi connectivity index (χ2n) is 4.60. The van der Waals surface area contributed by atoms with Crippen LogP contribution in [0.5, 0.6) is 0 Å². The molecule has 0 heterocycles. The van der Waals surface area contributed by atoms with E-state index in [9.17, 15) is 10.1 Å². The van der Waals surface area contributed by atoms with Crippen molar-refractivity contribution in [2.75, 3.05) is 20.6 Å². The summed E-state index contributed by atoms with van der Waals surface area (Å²) in [6, 6.07) is 6.62. The number of nitrogens with zero attached hydrogens (tertiary/aromatic N) is 3. The van der Waals surface area contributed by atoms with E-state index in [1.54, 1.807) is 19.2 Å². The molecule has 110 valence electrons. The highest BCUT2D eigenvalue weighted by Crippen LogP contribution is 2.12. The summed E-state index contributed by atoms with van der Waals surface area (Å²) in [5.74, 6) is 0.796. The number of aliphatic imine (C=N–C) groups is 1. The smallest absolute Gasteiger partial charge is 0.269 e. The summed E-state index contributed by atoms with van der Waals surface area (Å²) >= 11 is 0. The van der Waals surface area contributed by atoms with Gasteiger partial charge in [0.15, 0.2) is 5.96 Å². The molecule has 0 aromatic heterocycles. The zero-order valence-electron chi connectivity index (χ0n) is 12.3. The van der Waals surface area contributed by atoms with Gasteiger partial charge in [0.05, 0.1) is 4.92 Å². The Hall–Kier alpha value is -2.11. The van der Waals surface area contributed by atoms with Crippen LogP contribution >= 0.6 is 0 Å². The zero-order chi connectivity index (χ0) is 15.0. The number of nitro groups is 1. The molecule has 0 aliphatic heterocycles. The van der Waals surface area contributed by atoms with Crippen molar-refractivity contribution in [3.05, 3.63) is 39.9 Å². The quantitative estimate of drug-likeness (QED) is 0.375. The number of nitro benzene ring substituents is 1. The number of non-ortho nitro benzene ring substituents is 1. The summed E-state index contributed by atoms with van der Waals surface area (Å²) in [5.41, 5.74) is 0.975. The van der Waals surface area contributed by atoms with Crippen LogP contribution in [0.2, 0.25) is 0 Å². The van der Waals surface area contributed by atoms with E-state index in [2.05, 4.69) is 22.1 Å². The number of rotatable bonds is 6. The van der Waals surface area contributed by atoms with Crippen molar-refractivity contribution in [2.45, 2.75) is 26.3 Å². The number of guanidine groups is 1. The maximum Gasteiger partial charge on any atom is 0.269 e. The molecule has 0 spiro atoms. The van der Waals surface area contributed by atoms with E-state index >= 15 is 0 Å². The average molecular weight is 278 g/mol. The molecular weight excluding hydrogens is 256 g/mol. The van der Waals surface area contributed by atoms with Crippen LogP contribution in [0.3, 0.4) is 0 Å². The van der Waals surface area contributed by atoms with Crippen molar-refractivity contribution in [3.63, 3.8) is 0 Å². The van der Waals surface area contributed by atoms with E-state index in [1.807, 2.05) is 13.1 Å². The molecule has 20 heavy (non-hydrogen) atoms. The third-order valence-electron chi connectivity index (χ3n) is 2.99. The summed E-state index contributed by atoms with van der Waals surface area (Å²) in [6.07, 6.45) is 2.24. The van der Waals surface area contributed by atoms with Crippen molar-refractivity contribution in [2.24, 2.45) is 4.99 Å². The van der Waals surface area contributed by atoms with E-state index in [0.717, 1.165) is 30.9 Å².